The number of thioether (sulfide) groups is 1. The first-order chi connectivity index (χ1) is 9.12. The van der Waals surface area contributed by atoms with E-state index in [2.05, 4.69) is 9.71 Å². The molecule has 108 valence electrons. The van der Waals surface area contributed by atoms with E-state index in [0.717, 1.165) is 17.3 Å². The number of aliphatic carboxylic acids is 1. The molecular formula is C12H14N2O4S2. The summed E-state index contributed by atoms with van der Waals surface area (Å²) < 4.78 is 26.7. The molecule has 1 aliphatic rings. The van der Waals surface area contributed by atoms with Gasteiger partial charge in [-0.25, -0.2) is 0 Å². The number of amidine groups is 1. The normalized spacial score (nSPS) is 16.9. The topological polar surface area (TPSA) is 95.8 Å². The zero-order chi connectivity index (χ0) is 15.1. The molecule has 6 nitrogen and oxygen atoms in total. The highest BCUT2D eigenvalue weighted by atomic mass is 32.2. The fourth-order valence-electron chi connectivity index (χ4n) is 1.57. The SMILES string of the molecule is Cc1ccc2c(c1)S(=O)(=O)N=C(SC(C)(C)C(=O)O)N2. The van der Waals surface area contributed by atoms with E-state index in [4.69, 9.17) is 5.11 Å². The Morgan fingerprint density at radius 1 is 1.40 bits per heavy atom. The number of carbonyl (C=O) groups is 1. The number of fused-ring (bicyclic) bond motifs is 1. The van der Waals surface area contributed by atoms with Crippen molar-refractivity contribution in [1.82, 2.24) is 0 Å². The van der Waals surface area contributed by atoms with Crippen molar-refractivity contribution in [3.63, 3.8) is 0 Å². The molecule has 1 aliphatic heterocycles. The van der Waals surface area contributed by atoms with Gasteiger partial charge in [-0.2, -0.15) is 8.42 Å². The van der Waals surface area contributed by atoms with Gasteiger partial charge in [0.05, 0.1) is 5.69 Å². The van der Waals surface area contributed by atoms with Crippen LogP contribution in [0.25, 0.3) is 0 Å². The maximum atomic E-state index is 12.1. The van der Waals surface area contributed by atoms with Crippen LogP contribution >= 0.6 is 11.8 Å². The molecule has 0 radical (unpaired) electrons. The van der Waals surface area contributed by atoms with Crippen LogP contribution < -0.4 is 5.32 Å². The number of sulfonamides is 1. The molecule has 0 aliphatic carbocycles. The van der Waals surface area contributed by atoms with E-state index in [9.17, 15) is 13.2 Å². The summed E-state index contributed by atoms with van der Waals surface area (Å²) >= 11 is 0.861. The first-order valence-electron chi connectivity index (χ1n) is 5.77. The standard InChI is InChI=1S/C12H14N2O4S2/c1-7-4-5-8-9(6-7)20(17,18)14-11(13-8)19-12(2,3)10(15)16/h4-6H,1-3H3,(H,13,14)(H,15,16). The Hall–Kier alpha value is -1.54. The Labute approximate surface area is 121 Å². The summed E-state index contributed by atoms with van der Waals surface area (Å²) in [5.74, 6) is -1.04. The van der Waals surface area contributed by atoms with Gasteiger partial charge in [0.25, 0.3) is 10.0 Å². The minimum atomic E-state index is -3.80. The lowest BCUT2D eigenvalue weighted by molar-refractivity contribution is -0.138. The number of rotatable bonds is 2. The lowest BCUT2D eigenvalue weighted by Crippen LogP contribution is -2.32. The first-order valence-corrected chi connectivity index (χ1v) is 8.02. The summed E-state index contributed by atoms with van der Waals surface area (Å²) in [6, 6.07) is 4.95. The van der Waals surface area contributed by atoms with Crippen molar-refractivity contribution in [2.75, 3.05) is 5.32 Å². The third-order valence-corrected chi connectivity index (χ3v) is 5.23. The van der Waals surface area contributed by atoms with E-state index in [1.54, 1.807) is 19.1 Å². The molecule has 2 rings (SSSR count). The van der Waals surface area contributed by atoms with E-state index in [-0.39, 0.29) is 10.1 Å². The number of nitrogens with zero attached hydrogens (tertiary/aromatic N) is 1. The second-order valence-electron chi connectivity index (χ2n) is 4.91. The van der Waals surface area contributed by atoms with Crippen molar-refractivity contribution in [2.24, 2.45) is 4.40 Å². The molecule has 0 aromatic heterocycles. The van der Waals surface area contributed by atoms with Crippen molar-refractivity contribution in [1.29, 1.82) is 0 Å². The summed E-state index contributed by atoms with van der Waals surface area (Å²) in [5, 5.41) is 12.0. The van der Waals surface area contributed by atoms with Gasteiger partial charge in [0.1, 0.15) is 9.64 Å². The number of carboxylic acids is 1. The van der Waals surface area contributed by atoms with Crippen molar-refractivity contribution in [2.45, 2.75) is 30.4 Å². The van der Waals surface area contributed by atoms with Crippen molar-refractivity contribution < 1.29 is 18.3 Å². The number of nitrogens with one attached hydrogen (secondary N) is 1. The molecule has 0 unspecified atom stereocenters. The minimum Gasteiger partial charge on any atom is -0.480 e. The second-order valence-corrected chi connectivity index (χ2v) is 8.10. The van der Waals surface area contributed by atoms with Crippen LogP contribution in [0.4, 0.5) is 5.69 Å². The number of aryl methyl sites for hydroxylation is 1. The molecule has 1 aromatic rings. The summed E-state index contributed by atoms with van der Waals surface area (Å²) in [6.07, 6.45) is 0. The van der Waals surface area contributed by atoms with Crippen molar-refractivity contribution in [3.05, 3.63) is 23.8 Å². The first kappa shape index (κ1) is 14.9. The van der Waals surface area contributed by atoms with Crippen LogP contribution in [0.3, 0.4) is 0 Å². The highest BCUT2D eigenvalue weighted by molar-refractivity contribution is 8.16. The van der Waals surface area contributed by atoms with E-state index >= 15 is 0 Å². The van der Waals surface area contributed by atoms with Gasteiger partial charge in [-0.05, 0) is 38.5 Å². The lowest BCUT2D eigenvalue weighted by atomic mass is 10.2. The Morgan fingerprint density at radius 2 is 2.05 bits per heavy atom. The maximum Gasteiger partial charge on any atom is 0.319 e. The molecule has 0 saturated heterocycles. The fraction of sp³-hybridized carbons (Fsp3) is 0.333. The van der Waals surface area contributed by atoms with Gasteiger partial charge in [-0.15, -0.1) is 4.40 Å². The Kier molecular flexibility index (Phi) is 3.55. The quantitative estimate of drug-likeness (QED) is 0.867. The average Bonchev–Trinajstić information content (AvgIpc) is 2.28. The van der Waals surface area contributed by atoms with Crippen LogP contribution in [-0.4, -0.2) is 29.4 Å². The molecule has 1 heterocycles. The van der Waals surface area contributed by atoms with E-state index < -0.39 is 20.7 Å². The molecule has 0 bridgehead atoms. The maximum absolute atomic E-state index is 12.1. The second kappa shape index (κ2) is 4.78. The van der Waals surface area contributed by atoms with E-state index in [1.807, 2.05) is 0 Å². The van der Waals surface area contributed by atoms with Crippen LogP contribution in [0.2, 0.25) is 0 Å². The predicted molar refractivity (Wildman–Crippen MR) is 78.7 cm³/mol. The third-order valence-electron chi connectivity index (χ3n) is 2.73. The van der Waals surface area contributed by atoms with Gasteiger partial charge in [-0.1, -0.05) is 17.8 Å². The molecular weight excluding hydrogens is 300 g/mol. The predicted octanol–water partition coefficient (Wildman–Crippen LogP) is 2.06. The van der Waals surface area contributed by atoms with Gasteiger partial charge in [0.2, 0.25) is 0 Å². The summed E-state index contributed by atoms with van der Waals surface area (Å²) in [6.45, 7) is 4.76. The van der Waals surface area contributed by atoms with Crippen molar-refractivity contribution in [3.8, 4) is 0 Å². The van der Waals surface area contributed by atoms with Gasteiger partial charge in [0, 0.05) is 0 Å². The third kappa shape index (κ3) is 2.80. The molecule has 0 atom stereocenters. The molecule has 0 spiro atoms. The van der Waals surface area contributed by atoms with E-state index in [0.29, 0.717) is 5.69 Å². The molecule has 8 heteroatoms. The van der Waals surface area contributed by atoms with Crippen molar-refractivity contribution >= 4 is 38.6 Å². The highest BCUT2D eigenvalue weighted by Gasteiger charge is 2.34. The van der Waals surface area contributed by atoms with E-state index in [1.165, 1.54) is 19.9 Å². The largest absolute Gasteiger partial charge is 0.480 e. The van der Waals surface area contributed by atoms with Crippen LogP contribution in [0, 0.1) is 6.92 Å². The zero-order valence-corrected chi connectivity index (χ0v) is 12.8. The fourth-order valence-corrected chi connectivity index (χ4v) is 3.84. The number of anilines is 1. The zero-order valence-electron chi connectivity index (χ0n) is 11.2. The number of hydrogen-bond donors (Lipinski definition) is 2. The van der Waals surface area contributed by atoms with Crippen LogP contribution in [0.15, 0.2) is 27.5 Å². The Morgan fingerprint density at radius 3 is 2.65 bits per heavy atom. The van der Waals surface area contributed by atoms with Crippen LogP contribution in [0.5, 0.6) is 0 Å². The number of carboxylic acid groups (broad SMARTS) is 1. The minimum absolute atomic E-state index is 0.0637. The summed E-state index contributed by atoms with van der Waals surface area (Å²) in [7, 11) is -3.80. The molecule has 2 N–H and O–H groups in total. The monoisotopic (exact) mass is 314 g/mol. The lowest BCUT2D eigenvalue weighted by Gasteiger charge is -2.23. The summed E-state index contributed by atoms with van der Waals surface area (Å²) in [4.78, 5) is 11.2. The molecule has 0 saturated carbocycles. The number of benzene rings is 1. The molecule has 20 heavy (non-hydrogen) atoms. The number of hydrogen-bond acceptors (Lipinski definition) is 5. The Balaban J connectivity index is 2.41. The smallest absolute Gasteiger partial charge is 0.319 e. The Bertz CT molecular complexity index is 708. The molecule has 0 fully saturated rings. The van der Waals surface area contributed by atoms with Gasteiger partial charge in [-0.3, -0.25) is 4.79 Å². The van der Waals surface area contributed by atoms with Crippen LogP contribution in [-0.2, 0) is 14.8 Å². The van der Waals surface area contributed by atoms with Gasteiger partial charge < -0.3 is 10.4 Å². The molecule has 1 aromatic carbocycles. The average molecular weight is 314 g/mol. The van der Waals surface area contributed by atoms with Gasteiger partial charge >= 0.3 is 5.97 Å². The molecule has 0 amide bonds. The summed E-state index contributed by atoms with van der Waals surface area (Å²) in [5.41, 5.74) is 1.22. The van der Waals surface area contributed by atoms with Crippen LogP contribution in [0.1, 0.15) is 19.4 Å². The highest BCUT2D eigenvalue weighted by Crippen LogP contribution is 2.34. The van der Waals surface area contributed by atoms with Gasteiger partial charge in [0.15, 0.2) is 5.17 Å².